The van der Waals surface area contributed by atoms with Crippen LogP contribution >= 0.6 is 0 Å². The van der Waals surface area contributed by atoms with E-state index in [-0.39, 0.29) is 5.75 Å². The number of nitrogens with zero attached hydrogens (tertiary/aromatic N) is 1. The Kier molecular flexibility index (Phi) is 1.82. The van der Waals surface area contributed by atoms with Crippen LogP contribution in [0.15, 0.2) is 30.3 Å². The molecule has 5 nitrogen and oxygen atoms in total. The molecule has 5 heteroatoms. The third-order valence-corrected chi connectivity index (χ3v) is 2.77. The normalized spacial score (nSPS) is 11.1. The Morgan fingerprint density at radius 3 is 2.76 bits per heavy atom. The summed E-state index contributed by atoms with van der Waals surface area (Å²) in [5.74, 6) is -0.340. The van der Waals surface area contributed by atoms with Gasteiger partial charge < -0.3 is 10.8 Å². The lowest BCUT2D eigenvalue weighted by molar-refractivity contribution is 0.0997. The Hall–Kier alpha value is -2.56. The van der Waals surface area contributed by atoms with Crippen LogP contribution in [0.1, 0.15) is 10.5 Å². The fraction of sp³-hybridized carbons (Fsp3) is 0. The first-order chi connectivity index (χ1) is 8.16. The van der Waals surface area contributed by atoms with Crippen molar-refractivity contribution in [3.8, 4) is 5.75 Å². The molecular weight excluding hydrogens is 218 g/mol. The number of phenols is 1. The monoisotopic (exact) mass is 227 g/mol. The van der Waals surface area contributed by atoms with Crippen LogP contribution in [-0.4, -0.2) is 21.2 Å². The van der Waals surface area contributed by atoms with E-state index in [1.54, 1.807) is 24.3 Å². The molecule has 0 aliphatic rings. The highest BCUT2D eigenvalue weighted by Gasteiger charge is 2.12. The maximum absolute atomic E-state index is 11.2. The summed E-state index contributed by atoms with van der Waals surface area (Å²) in [6.07, 6.45) is 0. The number of carbonyl (C=O) groups is 1. The number of aromatic amines is 1. The highest BCUT2D eigenvalue weighted by atomic mass is 16.3. The number of rotatable bonds is 1. The maximum atomic E-state index is 11.2. The van der Waals surface area contributed by atoms with Crippen molar-refractivity contribution in [2.45, 2.75) is 0 Å². The zero-order chi connectivity index (χ0) is 12.0. The fourth-order valence-electron chi connectivity index (χ4n) is 1.98. The van der Waals surface area contributed by atoms with Crippen LogP contribution < -0.4 is 5.73 Å². The lowest BCUT2D eigenvalue weighted by atomic mass is 10.1. The SMILES string of the molecule is NC(=O)c1[nH]nc2c1ccc1cc(O)ccc12. The van der Waals surface area contributed by atoms with E-state index < -0.39 is 5.91 Å². The molecule has 1 amide bonds. The largest absolute Gasteiger partial charge is 0.508 e. The molecule has 0 saturated carbocycles. The average Bonchev–Trinajstić information content (AvgIpc) is 2.72. The van der Waals surface area contributed by atoms with E-state index >= 15 is 0 Å². The number of hydrogen-bond acceptors (Lipinski definition) is 3. The summed E-state index contributed by atoms with van der Waals surface area (Å²) in [6.45, 7) is 0. The van der Waals surface area contributed by atoms with Gasteiger partial charge in [-0.25, -0.2) is 0 Å². The van der Waals surface area contributed by atoms with Crippen molar-refractivity contribution in [2.24, 2.45) is 5.73 Å². The molecule has 3 rings (SSSR count). The van der Waals surface area contributed by atoms with Crippen LogP contribution in [0, 0.1) is 0 Å². The van der Waals surface area contributed by atoms with Gasteiger partial charge in [0, 0.05) is 10.8 Å². The molecule has 1 aromatic heterocycles. The summed E-state index contributed by atoms with van der Waals surface area (Å²) in [5.41, 5.74) is 6.22. The topological polar surface area (TPSA) is 92.0 Å². The molecule has 0 atom stereocenters. The number of aromatic nitrogens is 2. The number of nitrogens with one attached hydrogen (secondary N) is 1. The van der Waals surface area contributed by atoms with Crippen LogP contribution in [0.4, 0.5) is 0 Å². The predicted octanol–water partition coefficient (Wildman–Crippen LogP) is 1.52. The van der Waals surface area contributed by atoms with E-state index in [9.17, 15) is 9.90 Å². The molecule has 0 saturated heterocycles. The lowest BCUT2D eigenvalue weighted by Gasteiger charge is -1.99. The molecule has 1 heterocycles. The van der Waals surface area contributed by atoms with E-state index in [0.717, 1.165) is 10.8 Å². The van der Waals surface area contributed by atoms with Crippen LogP contribution in [0.3, 0.4) is 0 Å². The minimum Gasteiger partial charge on any atom is -0.508 e. The molecule has 0 aliphatic carbocycles. The minimum atomic E-state index is -0.536. The maximum Gasteiger partial charge on any atom is 0.267 e. The van der Waals surface area contributed by atoms with Crippen LogP contribution in [0.2, 0.25) is 0 Å². The molecule has 3 aromatic rings. The third kappa shape index (κ3) is 1.32. The zero-order valence-electron chi connectivity index (χ0n) is 8.77. The Morgan fingerprint density at radius 1 is 1.24 bits per heavy atom. The van der Waals surface area contributed by atoms with Crippen molar-refractivity contribution < 1.29 is 9.90 Å². The molecular formula is C12H9N3O2. The second kappa shape index (κ2) is 3.21. The quantitative estimate of drug-likeness (QED) is 0.588. The molecule has 0 spiro atoms. The summed E-state index contributed by atoms with van der Waals surface area (Å²) in [4.78, 5) is 11.2. The Balaban J connectivity index is 2.45. The molecule has 17 heavy (non-hydrogen) atoms. The van der Waals surface area contributed by atoms with Crippen LogP contribution in [0.5, 0.6) is 5.75 Å². The highest BCUT2D eigenvalue weighted by molar-refractivity contribution is 6.12. The van der Waals surface area contributed by atoms with Crippen molar-refractivity contribution in [1.82, 2.24) is 10.2 Å². The third-order valence-electron chi connectivity index (χ3n) is 2.77. The standard InChI is InChI=1S/C12H9N3O2/c13-12(17)11-9-3-1-6-5-7(16)2-4-8(6)10(9)14-15-11/h1-5,16H,(H2,13,17)(H,14,15). The first kappa shape index (κ1) is 9.65. The summed E-state index contributed by atoms with van der Waals surface area (Å²) < 4.78 is 0. The fourth-order valence-corrected chi connectivity index (χ4v) is 1.98. The first-order valence-corrected chi connectivity index (χ1v) is 5.06. The van der Waals surface area contributed by atoms with Gasteiger partial charge in [-0.05, 0) is 29.7 Å². The smallest absolute Gasteiger partial charge is 0.267 e. The second-order valence-electron chi connectivity index (χ2n) is 3.83. The van der Waals surface area contributed by atoms with Gasteiger partial charge in [-0.2, -0.15) is 5.10 Å². The van der Waals surface area contributed by atoms with Gasteiger partial charge in [-0.15, -0.1) is 0 Å². The number of primary amides is 1. The van der Waals surface area contributed by atoms with E-state index in [2.05, 4.69) is 10.2 Å². The number of carbonyl (C=O) groups excluding carboxylic acids is 1. The number of hydrogen-bond donors (Lipinski definition) is 3. The van der Waals surface area contributed by atoms with Crippen molar-refractivity contribution in [2.75, 3.05) is 0 Å². The first-order valence-electron chi connectivity index (χ1n) is 5.06. The second-order valence-corrected chi connectivity index (χ2v) is 3.83. The lowest BCUT2D eigenvalue weighted by Crippen LogP contribution is -2.11. The highest BCUT2D eigenvalue weighted by Crippen LogP contribution is 2.27. The summed E-state index contributed by atoms with van der Waals surface area (Å²) in [7, 11) is 0. The van der Waals surface area contributed by atoms with Crippen molar-refractivity contribution in [1.29, 1.82) is 0 Å². The number of amides is 1. The van der Waals surface area contributed by atoms with Gasteiger partial charge in [0.1, 0.15) is 17.0 Å². The van der Waals surface area contributed by atoms with Gasteiger partial charge in [-0.1, -0.05) is 6.07 Å². The van der Waals surface area contributed by atoms with Crippen LogP contribution in [0.25, 0.3) is 21.7 Å². The minimum absolute atomic E-state index is 0.197. The Labute approximate surface area is 95.9 Å². The summed E-state index contributed by atoms with van der Waals surface area (Å²) in [5, 5.41) is 18.5. The van der Waals surface area contributed by atoms with Crippen molar-refractivity contribution >= 4 is 27.6 Å². The molecule has 0 radical (unpaired) electrons. The van der Waals surface area contributed by atoms with Gasteiger partial charge in [0.05, 0.1) is 0 Å². The molecule has 4 N–H and O–H groups in total. The summed E-state index contributed by atoms with van der Waals surface area (Å²) in [6, 6.07) is 8.58. The average molecular weight is 227 g/mol. The van der Waals surface area contributed by atoms with Crippen LogP contribution in [-0.2, 0) is 0 Å². The Morgan fingerprint density at radius 2 is 2.00 bits per heavy atom. The molecule has 0 bridgehead atoms. The van der Waals surface area contributed by atoms with Gasteiger partial charge in [0.15, 0.2) is 0 Å². The summed E-state index contributed by atoms with van der Waals surface area (Å²) >= 11 is 0. The molecule has 2 aromatic carbocycles. The number of aromatic hydroxyl groups is 1. The molecule has 0 unspecified atom stereocenters. The van der Waals surface area contributed by atoms with E-state index in [4.69, 9.17) is 5.73 Å². The number of nitrogens with two attached hydrogens (primary N) is 1. The van der Waals surface area contributed by atoms with E-state index in [1.165, 1.54) is 0 Å². The molecule has 84 valence electrons. The number of H-pyrrole nitrogens is 1. The number of phenolic OH excluding ortho intramolecular Hbond substituents is 1. The molecule has 0 fully saturated rings. The van der Waals surface area contributed by atoms with Gasteiger partial charge in [-0.3, -0.25) is 9.89 Å². The number of fused-ring (bicyclic) bond motifs is 3. The van der Waals surface area contributed by atoms with E-state index in [1.807, 2.05) is 6.07 Å². The number of benzene rings is 2. The van der Waals surface area contributed by atoms with Gasteiger partial charge in [0.2, 0.25) is 0 Å². The predicted molar refractivity (Wildman–Crippen MR) is 63.8 cm³/mol. The Bertz CT molecular complexity index is 746. The van der Waals surface area contributed by atoms with Gasteiger partial charge >= 0.3 is 0 Å². The van der Waals surface area contributed by atoms with Crippen molar-refractivity contribution in [3.63, 3.8) is 0 Å². The zero-order valence-corrected chi connectivity index (χ0v) is 8.77. The van der Waals surface area contributed by atoms with E-state index in [0.29, 0.717) is 16.6 Å². The van der Waals surface area contributed by atoms with Crippen molar-refractivity contribution in [3.05, 3.63) is 36.0 Å². The van der Waals surface area contributed by atoms with Gasteiger partial charge in [0.25, 0.3) is 5.91 Å². The molecule has 0 aliphatic heterocycles.